The van der Waals surface area contributed by atoms with Crippen LogP contribution < -0.4 is 15.4 Å². The second kappa shape index (κ2) is 7.04. The Morgan fingerprint density at radius 1 is 1.04 bits per heavy atom. The van der Waals surface area contributed by atoms with E-state index in [4.69, 9.17) is 10.5 Å². The maximum Gasteiger partial charge on any atom is 0.248 e. The maximum atomic E-state index is 6.35. The normalized spacial score (nSPS) is 13.3. The molecule has 0 saturated heterocycles. The molecule has 0 saturated carbocycles. The van der Waals surface area contributed by atoms with Crippen molar-refractivity contribution in [3.63, 3.8) is 0 Å². The smallest absolute Gasteiger partial charge is 0.248 e. The Hall–Kier alpha value is -3.08. The molecule has 0 aliphatic carbocycles. The maximum absolute atomic E-state index is 6.35. The molecule has 0 spiro atoms. The number of fused-ring (bicyclic) bond motifs is 1. The lowest BCUT2D eigenvalue weighted by atomic mass is 10.00. The zero-order valence-electron chi connectivity index (χ0n) is 14.9. The highest BCUT2D eigenvalue weighted by atomic mass is 16.5. The van der Waals surface area contributed by atoms with Crippen LogP contribution in [0.25, 0.3) is 0 Å². The van der Waals surface area contributed by atoms with E-state index < -0.39 is 0 Å². The van der Waals surface area contributed by atoms with Crippen LogP contribution in [0.15, 0.2) is 54.9 Å². The number of ether oxygens (including phenoxy) is 1. The van der Waals surface area contributed by atoms with Gasteiger partial charge in [0.1, 0.15) is 17.8 Å². The van der Waals surface area contributed by atoms with Crippen LogP contribution >= 0.6 is 0 Å². The topological polar surface area (TPSA) is 64.3 Å². The van der Waals surface area contributed by atoms with E-state index in [1.807, 2.05) is 12.1 Å². The molecular formula is C21H22N4O. The van der Waals surface area contributed by atoms with Crippen molar-refractivity contribution in [3.8, 4) is 11.6 Å². The molecule has 3 aromatic rings. The minimum Gasteiger partial charge on any atom is -0.437 e. The van der Waals surface area contributed by atoms with Gasteiger partial charge in [0.25, 0.3) is 0 Å². The molecule has 0 bridgehead atoms. The second-order valence-corrected chi connectivity index (χ2v) is 6.46. The second-order valence-electron chi connectivity index (χ2n) is 6.46. The standard InChI is InChI=1S/C21H22N4O/c1-2-15-7-9-18(10-8-15)26-21-19(22)20(23-14-24-21)25-12-11-16-5-3-4-6-17(16)13-25/h3-10,14H,2,11-13,22H2,1H3. The van der Waals surface area contributed by atoms with Crippen molar-refractivity contribution in [2.75, 3.05) is 17.2 Å². The molecule has 132 valence electrons. The number of aryl methyl sites for hydroxylation is 1. The van der Waals surface area contributed by atoms with E-state index in [2.05, 4.69) is 58.2 Å². The minimum absolute atomic E-state index is 0.401. The molecule has 0 amide bonds. The molecule has 2 heterocycles. The molecule has 0 radical (unpaired) electrons. The fourth-order valence-electron chi connectivity index (χ4n) is 3.29. The zero-order valence-corrected chi connectivity index (χ0v) is 14.9. The first kappa shape index (κ1) is 16.4. The SMILES string of the molecule is CCc1ccc(Oc2ncnc(N3CCc4ccccc4C3)c2N)cc1. The fraction of sp³-hybridized carbons (Fsp3) is 0.238. The number of hydrogen-bond donors (Lipinski definition) is 1. The first-order valence-corrected chi connectivity index (χ1v) is 8.93. The van der Waals surface area contributed by atoms with Crippen LogP contribution in [0.3, 0.4) is 0 Å². The predicted molar refractivity (Wildman–Crippen MR) is 104 cm³/mol. The zero-order chi connectivity index (χ0) is 17.9. The van der Waals surface area contributed by atoms with Gasteiger partial charge in [-0.15, -0.1) is 0 Å². The van der Waals surface area contributed by atoms with Gasteiger partial charge in [0.15, 0.2) is 5.82 Å². The number of rotatable bonds is 4. The summed E-state index contributed by atoms with van der Waals surface area (Å²) in [4.78, 5) is 10.8. The quantitative estimate of drug-likeness (QED) is 0.774. The molecule has 1 aliphatic rings. The predicted octanol–water partition coefficient (Wildman–Crippen LogP) is 3.98. The average Bonchev–Trinajstić information content (AvgIpc) is 2.70. The number of hydrogen-bond acceptors (Lipinski definition) is 5. The first-order valence-electron chi connectivity index (χ1n) is 8.93. The molecule has 0 atom stereocenters. The molecule has 2 N–H and O–H groups in total. The van der Waals surface area contributed by atoms with Gasteiger partial charge in [-0.2, -0.15) is 4.98 Å². The summed E-state index contributed by atoms with van der Waals surface area (Å²) in [7, 11) is 0. The van der Waals surface area contributed by atoms with E-state index in [0.717, 1.165) is 37.5 Å². The van der Waals surface area contributed by atoms with Gasteiger partial charge in [-0.3, -0.25) is 0 Å². The minimum atomic E-state index is 0.401. The molecular weight excluding hydrogens is 324 g/mol. The van der Waals surface area contributed by atoms with E-state index in [0.29, 0.717) is 11.6 Å². The molecule has 5 heteroatoms. The number of nitrogen functional groups attached to an aromatic ring is 1. The summed E-state index contributed by atoms with van der Waals surface area (Å²) in [6.45, 7) is 3.80. The lowest BCUT2D eigenvalue weighted by Crippen LogP contribution is -2.31. The Kier molecular flexibility index (Phi) is 4.44. The summed E-state index contributed by atoms with van der Waals surface area (Å²) in [6, 6.07) is 16.5. The van der Waals surface area contributed by atoms with Crippen LogP contribution in [0, 0.1) is 0 Å². The van der Waals surface area contributed by atoms with Crippen LogP contribution in [0.1, 0.15) is 23.6 Å². The van der Waals surface area contributed by atoms with Crippen LogP contribution in [-0.4, -0.2) is 16.5 Å². The van der Waals surface area contributed by atoms with E-state index in [1.165, 1.54) is 23.0 Å². The molecule has 0 unspecified atom stereocenters. The van der Waals surface area contributed by atoms with Crippen molar-refractivity contribution in [2.45, 2.75) is 26.3 Å². The summed E-state index contributed by atoms with van der Waals surface area (Å²) in [5.74, 6) is 1.86. The van der Waals surface area contributed by atoms with E-state index in [-0.39, 0.29) is 0 Å². The third-order valence-electron chi connectivity index (χ3n) is 4.80. The highest BCUT2D eigenvalue weighted by Gasteiger charge is 2.21. The number of benzene rings is 2. The van der Waals surface area contributed by atoms with Crippen molar-refractivity contribution < 1.29 is 4.74 Å². The monoisotopic (exact) mass is 346 g/mol. The van der Waals surface area contributed by atoms with Gasteiger partial charge in [-0.1, -0.05) is 43.3 Å². The molecule has 26 heavy (non-hydrogen) atoms. The van der Waals surface area contributed by atoms with Crippen LogP contribution in [0.5, 0.6) is 11.6 Å². The molecule has 5 nitrogen and oxygen atoms in total. The summed E-state index contributed by atoms with van der Waals surface area (Å²) in [6.07, 6.45) is 3.49. The van der Waals surface area contributed by atoms with Gasteiger partial charge in [0.2, 0.25) is 5.88 Å². The highest BCUT2D eigenvalue weighted by Crippen LogP contribution is 2.33. The lowest BCUT2D eigenvalue weighted by Gasteiger charge is -2.30. The molecule has 4 rings (SSSR count). The van der Waals surface area contributed by atoms with Gasteiger partial charge in [0, 0.05) is 13.1 Å². The number of nitrogens with two attached hydrogens (primary N) is 1. The van der Waals surface area contributed by atoms with Crippen LogP contribution in [-0.2, 0) is 19.4 Å². The number of anilines is 2. The molecule has 0 fully saturated rings. The third-order valence-corrected chi connectivity index (χ3v) is 4.80. The summed E-state index contributed by atoms with van der Waals surface area (Å²) < 4.78 is 5.91. The van der Waals surface area contributed by atoms with Crippen molar-refractivity contribution in [1.29, 1.82) is 0 Å². The third kappa shape index (κ3) is 3.20. The Morgan fingerprint density at radius 2 is 1.81 bits per heavy atom. The molecule has 2 aromatic carbocycles. The Labute approximate surface area is 153 Å². The Bertz CT molecular complexity index is 908. The van der Waals surface area contributed by atoms with E-state index >= 15 is 0 Å². The Balaban J connectivity index is 1.58. The average molecular weight is 346 g/mol. The van der Waals surface area contributed by atoms with Crippen molar-refractivity contribution in [1.82, 2.24) is 9.97 Å². The number of nitrogens with zero attached hydrogens (tertiary/aromatic N) is 3. The fourth-order valence-corrected chi connectivity index (χ4v) is 3.29. The lowest BCUT2D eigenvalue weighted by molar-refractivity contribution is 0.463. The van der Waals surface area contributed by atoms with Crippen LogP contribution in [0.2, 0.25) is 0 Å². The van der Waals surface area contributed by atoms with Gasteiger partial charge < -0.3 is 15.4 Å². The molecule has 1 aliphatic heterocycles. The van der Waals surface area contributed by atoms with Gasteiger partial charge >= 0.3 is 0 Å². The van der Waals surface area contributed by atoms with Crippen molar-refractivity contribution in [3.05, 3.63) is 71.5 Å². The number of aromatic nitrogens is 2. The van der Waals surface area contributed by atoms with Crippen molar-refractivity contribution in [2.24, 2.45) is 0 Å². The summed E-state index contributed by atoms with van der Waals surface area (Å²) in [5, 5.41) is 0. The van der Waals surface area contributed by atoms with Crippen molar-refractivity contribution >= 4 is 11.5 Å². The van der Waals surface area contributed by atoms with E-state index in [9.17, 15) is 0 Å². The van der Waals surface area contributed by atoms with E-state index in [1.54, 1.807) is 0 Å². The van der Waals surface area contributed by atoms with Gasteiger partial charge in [0.05, 0.1) is 0 Å². The summed E-state index contributed by atoms with van der Waals surface area (Å²) >= 11 is 0. The first-order chi connectivity index (χ1) is 12.7. The van der Waals surface area contributed by atoms with Gasteiger partial charge in [-0.25, -0.2) is 4.98 Å². The Morgan fingerprint density at radius 3 is 2.58 bits per heavy atom. The highest BCUT2D eigenvalue weighted by molar-refractivity contribution is 5.68. The summed E-state index contributed by atoms with van der Waals surface area (Å²) in [5.41, 5.74) is 10.8. The largest absolute Gasteiger partial charge is 0.437 e. The van der Waals surface area contributed by atoms with Gasteiger partial charge in [-0.05, 0) is 41.7 Å². The molecule has 1 aromatic heterocycles. The van der Waals surface area contributed by atoms with Crippen LogP contribution in [0.4, 0.5) is 11.5 Å².